The van der Waals surface area contributed by atoms with E-state index in [2.05, 4.69) is 11.8 Å². The molecule has 2 aliphatic rings. The molecule has 0 aliphatic carbocycles. The summed E-state index contributed by atoms with van der Waals surface area (Å²) in [6, 6.07) is 5.13. The maximum Gasteiger partial charge on any atom is 0.243 e. The molecule has 0 saturated carbocycles. The van der Waals surface area contributed by atoms with Gasteiger partial charge in [0.15, 0.2) is 0 Å². The van der Waals surface area contributed by atoms with Crippen LogP contribution >= 0.6 is 0 Å². The van der Waals surface area contributed by atoms with Crippen molar-refractivity contribution in [2.45, 2.75) is 39.0 Å². The van der Waals surface area contributed by atoms with Gasteiger partial charge >= 0.3 is 0 Å². The van der Waals surface area contributed by atoms with E-state index in [-0.39, 0.29) is 5.91 Å². The van der Waals surface area contributed by atoms with E-state index >= 15 is 0 Å². The Kier molecular flexibility index (Phi) is 6.59. The van der Waals surface area contributed by atoms with Gasteiger partial charge in [0, 0.05) is 45.3 Å². The van der Waals surface area contributed by atoms with Gasteiger partial charge in [0.25, 0.3) is 0 Å². The van der Waals surface area contributed by atoms with E-state index in [1.165, 1.54) is 6.92 Å². The highest BCUT2D eigenvalue weighted by Gasteiger charge is 2.30. The molecular formula is C18H29N3O3S. The lowest BCUT2D eigenvalue weighted by molar-refractivity contribution is -0.116. The molecule has 1 aromatic carbocycles. The lowest BCUT2D eigenvalue weighted by Gasteiger charge is -2.33. The first-order chi connectivity index (χ1) is 11.9. The fourth-order valence-corrected chi connectivity index (χ4v) is 4.77. The number of likely N-dealkylation sites (N-methyl/N-ethyl adjacent to an activating group) is 1. The molecule has 0 spiro atoms. The highest BCUT2D eigenvalue weighted by Crippen LogP contribution is 2.31. The van der Waals surface area contributed by atoms with E-state index in [1.807, 2.05) is 13.8 Å². The first-order valence-electron chi connectivity index (χ1n) is 9.07. The molecule has 2 heterocycles. The predicted octanol–water partition coefficient (Wildman–Crippen LogP) is 1.95. The Balaban J connectivity index is 0.00000109. The zero-order chi connectivity index (χ0) is 18.6. The SMILES string of the molecule is CC.CCN1CCN(S(=O)(=O)c2ccc3c(c2)CCN3C(C)=O)CC1. The Morgan fingerprint density at radius 2 is 1.72 bits per heavy atom. The van der Waals surface area contributed by atoms with Crippen molar-refractivity contribution in [3.05, 3.63) is 23.8 Å². The molecule has 1 fully saturated rings. The highest BCUT2D eigenvalue weighted by molar-refractivity contribution is 7.89. The maximum atomic E-state index is 12.8. The Bertz CT molecular complexity index is 710. The first-order valence-corrected chi connectivity index (χ1v) is 10.5. The molecule has 0 N–H and O–H groups in total. The minimum atomic E-state index is -3.45. The lowest BCUT2D eigenvalue weighted by Crippen LogP contribution is -2.48. The summed E-state index contributed by atoms with van der Waals surface area (Å²) >= 11 is 0. The van der Waals surface area contributed by atoms with Crippen LogP contribution in [0.3, 0.4) is 0 Å². The summed E-state index contributed by atoms with van der Waals surface area (Å²) in [7, 11) is -3.45. The Labute approximate surface area is 151 Å². The zero-order valence-corrected chi connectivity index (χ0v) is 16.5. The molecule has 0 unspecified atom stereocenters. The van der Waals surface area contributed by atoms with E-state index in [0.29, 0.717) is 31.0 Å². The van der Waals surface area contributed by atoms with Gasteiger partial charge in [-0.2, -0.15) is 4.31 Å². The summed E-state index contributed by atoms with van der Waals surface area (Å²) in [6.45, 7) is 11.8. The van der Waals surface area contributed by atoms with Crippen molar-refractivity contribution in [3.63, 3.8) is 0 Å². The molecular weight excluding hydrogens is 338 g/mol. The average Bonchev–Trinajstić information content (AvgIpc) is 3.07. The van der Waals surface area contributed by atoms with Crippen molar-refractivity contribution in [2.24, 2.45) is 0 Å². The van der Waals surface area contributed by atoms with Gasteiger partial charge in [-0.25, -0.2) is 8.42 Å². The molecule has 1 aromatic rings. The maximum absolute atomic E-state index is 12.8. The third kappa shape index (κ3) is 4.04. The molecule has 1 amide bonds. The van der Waals surface area contributed by atoms with Gasteiger partial charge in [-0.15, -0.1) is 0 Å². The molecule has 1 saturated heterocycles. The van der Waals surface area contributed by atoms with Crippen LogP contribution in [-0.4, -0.2) is 62.8 Å². The molecule has 2 aliphatic heterocycles. The number of fused-ring (bicyclic) bond motifs is 1. The van der Waals surface area contributed by atoms with Crippen LogP contribution in [0.5, 0.6) is 0 Å². The second-order valence-electron chi connectivity index (χ2n) is 6.05. The smallest absolute Gasteiger partial charge is 0.243 e. The number of amides is 1. The van der Waals surface area contributed by atoms with Crippen LogP contribution in [0.2, 0.25) is 0 Å². The van der Waals surface area contributed by atoms with Crippen LogP contribution in [0.1, 0.15) is 33.3 Å². The van der Waals surface area contributed by atoms with Crippen molar-refractivity contribution >= 4 is 21.6 Å². The Morgan fingerprint density at radius 3 is 2.28 bits per heavy atom. The van der Waals surface area contributed by atoms with Crippen LogP contribution in [0.25, 0.3) is 0 Å². The molecule has 0 bridgehead atoms. The normalized spacial score (nSPS) is 18.5. The molecule has 25 heavy (non-hydrogen) atoms. The number of anilines is 1. The number of hydrogen-bond acceptors (Lipinski definition) is 4. The lowest BCUT2D eigenvalue weighted by atomic mass is 10.2. The fraction of sp³-hybridized carbons (Fsp3) is 0.611. The molecule has 140 valence electrons. The van der Waals surface area contributed by atoms with Gasteiger partial charge in [0.1, 0.15) is 0 Å². The van der Waals surface area contributed by atoms with Gasteiger partial charge < -0.3 is 9.80 Å². The molecule has 0 atom stereocenters. The Hall–Kier alpha value is -1.44. The van der Waals surface area contributed by atoms with Gasteiger partial charge in [0.05, 0.1) is 4.90 Å². The monoisotopic (exact) mass is 367 g/mol. The standard InChI is InChI=1S/C16H23N3O3S.C2H6/c1-3-17-8-10-18(11-9-17)23(21,22)15-4-5-16-14(12-15)6-7-19(16)13(2)20;1-2/h4-5,12H,3,6-11H2,1-2H3;1-2H3. The van der Waals surface area contributed by atoms with Crippen molar-refractivity contribution in [2.75, 3.05) is 44.2 Å². The summed E-state index contributed by atoms with van der Waals surface area (Å²) in [5, 5.41) is 0. The third-order valence-electron chi connectivity index (χ3n) is 4.74. The zero-order valence-electron chi connectivity index (χ0n) is 15.7. The van der Waals surface area contributed by atoms with Gasteiger partial charge in [-0.05, 0) is 36.7 Å². The van der Waals surface area contributed by atoms with Crippen LogP contribution in [-0.2, 0) is 21.2 Å². The molecule has 6 nitrogen and oxygen atoms in total. The van der Waals surface area contributed by atoms with Crippen LogP contribution < -0.4 is 4.90 Å². The second-order valence-corrected chi connectivity index (χ2v) is 7.99. The van der Waals surface area contributed by atoms with Crippen molar-refractivity contribution in [3.8, 4) is 0 Å². The second kappa shape index (κ2) is 8.29. The predicted molar refractivity (Wildman–Crippen MR) is 100 cm³/mol. The number of piperazine rings is 1. The van der Waals surface area contributed by atoms with Gasteiger partial charge in [-0.1, -0.05) is 20.8 Å². The van der Waals surface area contributed by atoms with Crippen molar-refractivity contribution < 1.29 is 13.2 Å². The number of carbonyl (C=O) groups is 1. The van der Waals surface area contributed by atoms with E-state index in [9.17, 15) is 13.2 Å². The largest absolute Gasteiger partial charge is 0.312 e. The van der Waals surface area contributed by atoms with Crippen molar-refractivity contribution in [1.82, 2.24) is 9.21 Å². The van der Waals surface area contributed by atoms with Gasteiger partial charge in [0.2, 0.25) is 15.9 Å². The number of benzene rings is 1. The summed E-state index contributed by atoms with van der Waals surface area (Å²) < 4.78 is 27.2. The third-order valence-corrected chi connectivity index (χ3v) is 6.64. The number of carbonyl (C=O) groups excluding carboxylic acids is 1. The first kappa shape index (κ1) is 19.9. The fourth-order valence-electron chi connectivity index (χ4n) is 3.30. The highest BCUT2D eigenvalue weighted by atomic mass is 32.2. The average molecular weight is 368 g/mol. The van der Waals surface area contributed by atoms with E-state index < -0.39 is 10.0 Å². The molecule has 7 heteroatoms. The number of sulfonamides is 1. The topological polar surface area (TPSA) is 60.9 Å². The van der Waals surface area contributed by atoms with E-state index in [0.717, 1.165) is 30.9 Å². The summed E-state index contributed by atoms with van der Waals surface area (Å²) in [5.41, 5.74) is 1.78. The molecule has 0 radical (unpaired) electrons. The summed E-state index contributed by atoms with van der Waals surface area (Å²) in [6.07, 6.45) is 0.710. The number of rotatable bonds is 3. The summed E-state index contributed by atoms with van der Waals surface area (Å²) in [4.78, 5) is 15.9. The van der Waals surface area contributed by atoms with Gasteiger partial charge in [-0.3, -0.25) is 4.79 Å². The van der Waals surface area contributed by atoms with Crippen LogP contribution in [0.4, 0.5) is 5.69 Å². The van der Waals surface area contributed by atoms with E-state index in [4.69, 9.17) is 0 Å². The summed E-state index contributed by atoms with van der Waals surface area (Å²) in [5.74, 6) is -0.00459. The molecule has 3 rings (SSSR count). The molecule has 0 aromatic heterocycles. The number of hydrogen-bond donors (Lipinski definition) is 0. The van der Waals surface area contributed by atoms with E-state index in [1.54, 1.807) is 27.4 Å². The quantitative estimate of drug-likeness (QED) is 0.819. The minimum absolute atomic E-state index is 0.00459. The van der Waals surface area contributed by atoms with Crippen molar-refractivity contribution in [1.29, 1.82) is 0 Å². The minimum Gasteiger partial charge on any atom is -0.312 e. The van der Waals surface area contributed by atoms with Crippen LogP contribution in [0, 0.1) is 0 Å². The number of nitrogens with zero attached hydrogens (tertiary/aromatic N) is 3. The van der Waals surface area contributed by atoms with Crippen LogP contribution in [0.15, 0.2) is 23.1 Å². The Morgan fingerprint density at radius 1 is 1.08 bits per heavy atom.